The van der Waals surface area contributed by atoms with E-state index in [-0.39, 0.29) is 18.2 Å². The highest BCUT2D eigenvalue weighted by Gasteiger charge is 2.47. The Morgan fingerprint density at radius 1 is 0.947 bits per heavy atom. The van der Waals surface area contributed by atoms with Gasteiger partial charge in [0, 0.05) is 5.69 Å². The summed E-state index contributed by atoms with van der Waals surface area (Å²) >= 11 is 0. The van der Waals surface area contributed by atoms with Crippen molar-refractivity contribution in [1.29, 1.82) is 0 Å². The van der Waals surface area contributed by atoms with E-state index in [0.29, 0.717) is 0 Å². The SMILES string of the molecule is CCC1[C@@H](O)[C@H](c2ccccc2)N1c1ccccc1. The van der Waals surface area contributed by atoms with Gasteiger partial charge in [0.05, 0.1) is 18.2 Å². The number of aliphatic hydroxyl groups excluding tert-OH is 1. The van der Waals surface area contributed by atoms with Gasteiger partial charge < -0.3 is 10.0 Å². The van der Waals surface area contributed by atoms with Crippen LogP contribution in [0.1, 0.15) is 24.9 Å². The van der Waals surface area contributed by atoms with Crippen molar-refractivity contribution in [3.05, 3.63) is 66.2 Å². The van der Waals surface area contributed by atoms with Gasteiger partial charge in [0.25, 0.3) is 0 Å². The van der Waals surface area contributed by atoms with Gasteiger partial charge in [-0.25, -0.2) is 0 Å². The predicted molar refractivity (Wildman–Crippen MR) is 78.2 cm³/mol. The van der Waals surface area contributed by atoms with E-state index in [1.807, 2.05) is 24.3 Å². The van der Waals surface area contributed by atoms with Gasteiger partial charge in [0.2, 0.25) is 0 Å². The molecule has 0 radical (unpaired) electrons. The first-order valence-electron chi connectivity index (χ1n) is 6.89. The molecule has 3 atom stereocenters. The van der Waals surface area contributed by atoms with Gasteiger partial charge in [-0.15, -0.1) is 0 Å². The first-order chi connectivity index (χ1) is 9.33. The van der Waals surface area contributed by atoms with E-state index in [2.05, 4.69) is 48.2 Å². The van der Waals surface area contributed by atoms with Crippen LogP contribution in [0.3, 0.4) is 0 Å². The molecule has 0 bridgehead atoms. The van der Waals surface area contributed by atoms with Crippen LogP contribution in [0.4, 0.5) is 5.69 Å². The number of para-hydroxylation sites is 1. The Morgan fingerprint density at radius 2 is 1.53 bits per heavy atom. The molecule has 0 amide bonds. The van der Waals surface area contributed by atoms with Crippen molar-refractivity contribution in [2.45, 2.75) is 31.5 Å². The van der Waals surface area contributed by atoms with E-state index in [9.17, 15) is 5.11 Å². The maximum atomic E-state index is 10.4. The topological polar surface area (TPSA) is 23.5 Å². The Labute approximate surface area is 114 Å². The quantitative estimate of drug-likeness (QED) is 0.906. The second-order valence-electron chi connectivity index (χ2n) is 5.06. The lowest BCUT2D eigenvalue weighted by Gasteiger charge is -2.54. The van der Waals surface area contributed by atoms with Gasteiger partial charge in [-0.2, -0.15) is 0 Å². The Hall–Kier alpha value is -1.80. The van der Waals surface area contributed by atoms with Gasteiger partial charge in [0.1, 0.15) is 0 Å². The average molecular weight is 253 g/mol. The molecule has 2 heteroatoms. The molecule has 2 aromatic rings. The molecule has 1 heterocycles. The summed E-state index contributed by atoms with van der Waals surface area (Å²) < 4.78 is 0. The molecule has 1 fully saturated rings. The van der Waals surface area contributed by atoms with Crippen LogP contribution < -0.4 is 4.90 Å². The third-order valence-electron chi connectivity index (χ3n) is 3.99. The summed E-state index contributed by atoms with van der Waals surface area (Å²) in [7, 11) is 0. The molecule has 0 spiro atoms. The van der Waals surface area contributed by atoms with E-state index in [1.165, 1.54) is 11.3 Å². The summed E-state index contributed by atoms with van der Waals surface area (Å²) in [6.45, 7) is 2.13. The van der Waals surface area contributed by atoms with Crippen molar-refractivity contribution in [3.8, 4) is 0 Å². The zero-order valence-corrected chi connectivity index (χ0v) is 11.1. The van der Waals surface area contributed by atoms with Crippen LogP contribution in [0.5, 0.6) is 0 Å². The molecule has 2 nitrogen and oxygen atoms in total. The van der Waals surface area contributed by atoms with E-state index >= 15 is 0 Å². The number of anilines is 1. The summed E-state index contributed by atoms with van der Waals surface area (Å²) in [5, 5.41) is 10.4. The van der Waals surface area contributed by atoms with Gasteiger partial charge in [0.15, 0.2) is 0 Å². The van der Waals surface area contributed by atoms with Crippen molar-refractivity contribution in [1.82, 2.24) is 0 Å². The standard InChI is InChI=1S/C17H19NO/c1-2-15-17(19)16(13-9-5-3-6-10-13)18(15)14-11-7-4-8-12-14/h3-12,15-17,19H,2H2,1H3/t15?,16-,17+/m0/s1. The molecular formula is C17H19NO. The molecule has 98 valence electrons. The van der Waals surface area contributed by atoms with Crippen LogP contribution in [0.25, 0.3) is 0 Å². The molecule has 1 N–H and O–H groups in total. The van der Waals surface area contributed by atoms with Gasteiger partial charge in [-0.05, 0) is 24.1 Å². The van der Waals surface area contributed by atoms with Crippen LogP contribution in [0.2, 0.25) is 0 Å². The molecule has 1 aliphatic heterocycles. The number of hydrogen-bond acceptors (Lipinski definition) is 2. The predicted octanol–water partition coefficient (Wildman–Crippen LogP) is 3.39. The van der Waals surface area contributed by atoms with Crippen molar-refractivity contribution in [2.75, 3.05) is 4.90 Å². The molecular weight excluding hydrogens is 234 g/mol. The summed E-state index contributed by atoms with van der Waals surface area (Å²) in [5.74, 6) is 0. The first kappa shape index (κ1) is 12.2. The number of hydrogen-bond donors (Lipinski definition) is 1. The number of aliphatic hydroxyl groups is 1. The fourth-order valence-electron chi connectivity index (χ4n) is 3.04. The lowest BCUT2D eigenvalue weighted by Crippen LogP contribution is -2.62. The molecule has 2 aromatic carbocycles. The summed E-state index contributed by atoms with van der Waals surface area (Å²) in [4.78, 5) is 2.33. The molecule has 1 unspecified atom stereocenters. The summed E-state index contributed by atoms with van der Waals surface area (Å²) in [6, 6.07) is 20.9. The fourth-order valence-corrected chi connectivity index (χ4v) is 3.04. The molecule has 19 heavy (non-hydrogen) atoms. The molecule has 1 saturated heterocycles. The Morgan fingerprint density at radius 3 is 2.11 bits per heavy atom. The van der Waals surface area contributed by atoms with E-state index < -0.39 is 0 Å². The van der Waals surface area contributed by atoms with Crippen molar-refractivity contribution < 1.29 is 5.11 Å². The minimum absolute atomic E-state index is 0.0774. The molecule has 3 rings (SSSR count). The first-order valence-corrected chi connectivity index (χ1v) is 6.89. The molecule has 0 aliphatic carbocycles. The van der Waals surface area contributed by atoms with E-state index in [0.717, 1.165) is 6.42 Å². The van der Waals surface area contributed by atoms with Gasteiger partial charge in [-0.3, -0.25) is 0 Å². The number of benzene rings is 2. The smallest absolute Gasteiger partial charge is 0.0988 e. The zero-order chi connectivity index (χ0) is 13.2. The summed E-state index contributed by atoms with van der Waals surface area (Å²) in [5.41, 5.74) is 2.37. The lowest BCUT2D eigenvalue weighted by atomic mass is 9.82. The van der Waals surface area contributed by atoms with Gasteiger partial charge >= 0.3 is 0 Å². The lowest BCUT2D eigenvalue weighted by molar-refractivity contribution is 0.0401. The third-order valence-corrected chi connectivity index (χ3v) is 3.99. The van der Waals surface area contributed by atoms with Crippen LogP contribution in [-0.2, 0) is 0 Å². The second-order valence-corrected chi connectivity index (χ2v) is 5.06. The molecule has 1 aliphatic rings. The largest absolute Gasteiger partial charge is 0.388 e. The Balaban J connectivity index is 1.95. The van der Waals surface area contributed by atoms with Crippen LogP contribution in [-0.4, -0.2) is 17.3 Å². The Bertz CT molecular complexity index is 525. The molecule has 0 saturated carbocycles. The van der Waals surface area contributed by atoms with Crippen molar-refractivity contribution in [2.24, 2.45) is 0 Å². The maximum Gasteiger partial charge on any atom is 0.0988 e. The maximum absolute atomic E-state index is 10.4. The van der Waals surface area contributed by atoms with E-state index in [4.69, 9.17) is 0 Å². The monoisotopic (exact) mass is 253 g/mol. The van der Waals surface area contributed by atoms with Crippen LogP contribution >= 0.6 is 0 Å². The van der Waals surface area contributed by atoms with Gasteiger partial charge in [-0.1, -0.05) is 55.5 Å². The van der Waals surface area contributed by atoms with Crippen molar-refractivity contribution >= 4 is 5.69 Å². The minimum Gasteiger partial charge on any atom is -0.388 e. The number of rotatable bonds is 3. The molecule has 0 aromatic heterocycles. The fraction of sp³-hybridized carbons (Fsp3) is 0.294. The highest BCUT2D eigenvalue weighted by atomic mass is 16.3. The van der Waals surface area contributed by atoms with Crippen LogP contribution in [0, 0.1) is 0 Å². The summed E-state index contributed by atoms with van der Waals surface area (Å²) in [6.07, 6.45) is 0.673. The van der Waals surface area contributed by atoms with Crippen LogP contribution in [0.15, 0.2) is 60.7 Å². The van der Waals surface area contributed by atoms with E-state index in [1.54, 1.807) is 0 Å². The zero-order valence-electron chi connectivity index (χ0n) is 11.1. The highest BCUT2D eigenvalue weighted by Crippen LogP contribution is 2.43. The minimum atomic E-state index is -0.285. The second kappa shape index (κ2) is 5.06. The van der Waals surface area contributed by atoms with Crippen molar-refractivity contribution in [3.63, 3.8) is 0 Å². The normalized spacial score (nSPS) is 26.0. The average Bonchev–Trinajstić information content (AvgIpc) is 2.47. The number of nitrogens with zero attached hydrogens (tertiary/aromatic N) is 1. The Kier molecular flexibility index (Phi) is 3.26. The third kappa shape index (κ3) is 2.02. The highest BCUT2D eigenvalue weighted by molar-refractivity contribution is 5.54.